The van der Waals surface area contributed by atoms with Gasteiger partial charge in [0.2, 0.25) is 5.91 Å². The van der Waals surface area contributed by atoms with Gasteiger partial charge in [0, 0.05) is 30.7 Å². The lowest BCUT2D eigenvalue weighted by Crippen LogP contribution is -2.57. The lowest BCUT2D eigenvalue weighted by atomic mass is 9.63. The van der Waals surface area contributed by atoms with Crippen LogP contribution in [0.25, 0.3) is 0 Å². The predicted octanol–water partition coefficient (Wildman–Crippen LogP) is 3.17. The number of carbonyl (C=O) groups is 2. The Labute approximate surface area is 151 Å². The molecule has 1 aliphatic heterocycles. The lowest BCUT2D eigenvalue weighted by Gasteiger charge is -2.46. The van der Waals surface area contributed by atoms with Crippen LogP contribution in [-0.4, -0.2) is 54.6 Å². The van der Waals surface area contributed by atoms with E-state index >= 15 is 0 Å². The van der Waals surface area contributed by atoms with Crippen molar-refractivity contribution >= 4 is 27.9 Å². The average Bonchev–Trinajstić information content (AvgIpc) is 2.56. The van der Waals surface area contributed by atoms with Crippen LogP contribution in [0.3, 0.4) is 0 Å². The fourth-order valence-corrected chi connectivity index (χ4v) is 3.80. The first kappa shape index (κ1) is 17.3. The topological polar surface area (TPSA) is 49.9 Å². The van der Waals surface area contributed by atoms with Crippen molar-refractivity contribution in [3.8, 4) is 0 Å². The molecule has 1 saturated heterocycles. The van der Waals surface area contributed by atoms with Crippen LogP contribution in [0, 0.1) is 0 Å². The summed E-state index contributed by atoms with van der Waals surface area (Å²) < 4.78 is 6.06. The number of nitrogens with zero attached hydrogens (tertiary/aromatic N) is 2. The number of rotatable bonds is 3. The molecule has 0 spiro atoms. The molecule has 1 aromatic carbocycles. The highest BCUT2D eigenvalue weighted by Crippen LogP contribution is 2.45. The molecule has 1 aliphatic carbocycles. The van der Waals surface area contributed by atoms with Crippen LogP contribution in [0.1, 0.15) is 31.7 Å². The number of hydrogen-bond acceptors (Lipinski definition) is 3. The molecule has 2 amide bonds. The fourth-order valence-electron chi connectivity index (χ4n) is 3.53. The summed E-state index contributed by atoms with van der Waals surface area (Å²) in [4.78, 5) is 28.6. The van der Waals surface area contributed by atoms with Crippen LogP contribution < -0.4 is 0 Å². The van der Waals surface area contributed by atoms with E-state index in [2.05, 4.69) is 28.1 Å². The Morgan fingerprint density at radius 3 is 2.17 bits per heavy atom. The van der Waals surface area contributed by atoms with Gasteiger partial charge in [-0.3, -0.25) is 4.79 Å². The van der Waals surface area contributed by atoms with Crippen LogP contribution in [-0.2, 0) is 14.9 Å². The Bertz CT molecular complexity index is 605. The molecule has 0 bridgehead atoms. The standard InChI is InChI=1S/C18H23BrN2O3/c1-2-24-17(23)21-12-10-20(11-13-21)16(22)18(8-3-9-18)14-4-6-15(19)7-5-14/h4-7H,2-3,8-13H2,1H3. The number of amides is 2. The summed E-state index contributed by atoms with van der Waals surface area (Å²) in [6.07, 6.45) is 2.62. The number of hydrogen-bond donors (Lipinski definition) is 0. The van der Waals surface area contributed by atoms with Gasteiger partial charge in [0.05, 0.1) is 12.0 Å². The molecule has 1 saturated carbocycles. The molecule has 0 aromatic heterocycles. The Hall–Kier alpha value is -1.56. The Morgan fingerprint density at radius 1 is 1.08 bits per heavy atom. The summed E-state index contributed by atoms with van der Waals surface area (Å²) in [5.74, 6) is 0.208. The van der Waals surface area contributed by atoms with Gasteiger partial charge < -0.3 is 14.5 Å². The molecule has 0 radical (unpaired) electrons. The molecule has 24 heavy (non-hydrogen) atoms. The zero-order valence-electron chi connectivity index (χ0n) is 14.0. The van der Waals surface area contributed by atoms with Crippen LogP contribution in [0.4, 0.5) is 4.79 Å². The maximum atomic E-state index is 13.2. The van der Waals surface area contributed by atoms with Gasteiger partial charge in [-0.15, -0.1) is 0 Å². The first-order valence-electron chi connectivity index (χ1n) is 8.54. The van der Waals surface area contributed by atoms with E-state index in [1.165, 1.54) is 0 Å². The highest BCUT2D eigenvalue weighted by Gasteiger charge is 2.48. The highest BCUT2D eigenvalue weighted by atomic mass is 79.9. The fraction of sp³-hybridized carbons (Fsp3) is 0.556. The second-order valence-electron chi connectivity index (χ2n) is 6.42. The van der Waals surface area contributed by atoms with Gasteiger partial charge in [-0.05, 0) is 37.5 Å². The summed E-state index contributed by atoms with van der Waals surface area (Å²) in [6, 6.07) is 8.11. The molecule has 3 rings (SSSR count). The highest BCUT2D eigenvalue weighted by molar-refractivity contribution is 9.10. The van der Waals surface area contributed by atoms with E-state index in [4.69, 9.17) is 4.74 Å². The van der Waals surface area contributed by atoms with Gasteiger partial charge in [0.15, 0.2) is 0 Å². The molecule has 2 fully saturated rings. The van der Waals surface area contributed by atoms with E-state index in [0.717, 1.165) is 29.3 Å². The Balaban J connectivity index is 1.68. The molecular weight excluding hydrogens is 372 g/mol. The van der Waals surface area contributed by atoms with Crippen molar-refractivity contribution in [3.05, 3.63) is 34.3 Å². The zero-order chi connectivity index (χ0) is 17.2. The van der Waals surface area contributed by atoms with Crippen molar-refractivity contribution in [1.82, 2.24) is 9.80 Å². The van der Waals surface area contributed by atoms with E-state index in [-0.39, 0.29) is 17.4 Å². The van der Waals surface area contributed by atoms with E-state index in [1.807, 2.05) is 17.0 Å². The minimum absolute atomic E-state index is 0.208. The van der Waals surface area contributed by atoms with Crippen molar-refractivity contribution < 1.29 is 14.3 Å². The molecule has 5 nitrogen and oxygen atoms in total. The number of piperazine rings is 1. The minimum Gasteiger partial charge on any atom is -0.450 e. The molecule has 6 heteroatoms. The maximum absolute atomic E-state index is 13.2. The smallest absolute Gasteiger partial charge is 0.409 e. The second kappa shape index (κ2) is 7.13. The van der Waals surface area contributed by atoms with E-state index in [9.17, 15) is 9.59 Å². The molecule has 1 heterocycles. The lowest BCUT2D eigenvalue weighted by molar-refractivity contribution is -0.142. The van der Waals surface area contributed by atoms with Gasteiger partial charge in [-0.25, -0.2) is 4.79 Å². The van der Waals surface area contributed by atoms with E-state index < -0.39 is 0 Å². The summed E-state index contributed by atoms with van der Waals surface area (Å²) in [5, 5.41) is 0. The molecule has 2 aliphatic rings. The first-order chi connectivity index (χ1) is 11.6. The zero-order valence-corrected chi connectivity index (χ0v) is 15.5. The van der Waals surface area contributed by atoms with Crippen LogP contribution in [0.15, 0.2) is 28.7 Å². The quantitative estimate of drug-likeness (QED) is 0.790. The molecular formula is C18H23BrN2O3. The summed E-state index contributed by atoms with van der Waals surface area (Å²) in [6.45, 7) is 4.43. The monoisotopic (exact) mass is 394 g/mol. The van der Waals surface area contributed by atoms with Gasteiger partial charge >= 0.3 is 6.09 Å². The number of ether oxygens (including phenoxy) is 1. The van der Waals surface area contributed by atoms with Crippen molar-refractivity contribution in [2.24, 2.45) is 0 Å². The summed E-state index contributed by atoms with van der Waals surface area (Å²) in [5.41, 5.74) is 0.738. The Kier molecular flexibility index (Phi) is 5.13. The largest absolute Gasteiger partial charge is 0.450 e. The number of benzene rings is 1. The van der Waals surface area contributed by atoms with Gasteiger partial charge in [0.1, 0.15) is 0 Å². The third kappa shape index (κ3) is 3.16. The van der Waals surface area contributed by atoms with Crippen molar-refractivity contribution in [1.29, 1.82) is 0 Å². The SMILES string of the molecule is CCOC(=O)N1CCN(C(=O)C2(c3ccc(Br)cc3)CCC2)CC1. The predicted molar refractivity (Wildman–Crippen MR) is 94.8 cm³/mol. The number of halogens is 1. The third-order valence-electron chi connectivity index (χ3n) is 5.11. The third-order valence-corrected chi connectivity index (χ3v) is 5.63. The van der Waals surface area contributed by atoms with Crippen LogP contribution in [0.5, 0.6) is 0 Å². The van der Waals surface area contributed by atoms with E-state index in [1.54, 1.807) is 11.8 Å². The van der Waals surface area contributed by atoms with Crippen molar-refractivity contribution in [2.45, 2.75) is 31.6 Å². The van der Waals surface area contributed by atoms with Gasteiger partial charge in [-0.2, -0.15) is 0 Å². The van der Waals surface area contributed by atoms with Crippen LogP contribution >= 0.6 is 15.9 Å². The maximum Gasteiger partial charge on any atom is 0.409 e. The minimum atomic E-state index is -0.368. The van der Waals surface area contributed by atoms with E-state index in [0.29, 0.717) is 32.8 Å². The van der Waals surface area contributed by atoms with Crippen molar-refractivity contribution in [3.63, 3.8) is 0 Å². The van der Waals surface area contributed by atoms with Crippen molar-refractivity contribution in [2.75, 3.05) is 32.8 Å². The van der Waals surface area contributed by atoms with Crippen LogP contribution in [0.2, 0.25) is 0 Å². The molecule has 130 valence electrons. The van der Waals surface area contributed by atoms with Gasteiger partial charge in [-0.1, -0.05) is 34.5 Å². The molecule has 0 unspecified atom stereocenters. The van der Waals surface area contributed by atoms with Gasteiger partial charge in [0.25, 0.3) is 0 Å². The normalized spacial score (nSPS) is 19.6. The number of carbonyl (C=O) groups excluding carboxylic acids is 2. The second-order valence-corrected chi connectivity index (χ2v) is 7.34. The Morgan fingerprint density at radius 2 is 1.67 bits per heavy atom. The summed E-state index contributed by atoms with van der Waals surface area (Å²) in [7, 11) is 0. The summed E-state index contributed by atoms with van der Waals surface area (Å²) >= 11 is 3.45. The molecule has 0 atom stereocenters. The molecule has 0 N–H and O–H groups in total. The first-order valence-corrected chi connectivity index (χ1v) is 9.33. The molecule has 1 aromatic rings. The average molecular weight is 395 g/mol.